The predicted molar refractivity (Wildman–Crippen MR) is 137 cm³/mol. The number of halogens is 1. The minimum atomic E-state index is 0.627. The van der Waals surface area contributed by atoms with Gasteiger partial charge in [0.2, 0.25) is 0 Å². The van der Waals surface area contributed by atoms with Gasteiger partial charge in [0.15, 0.2) is 0 Å². The Balaban J connectivity index is 1.82. The van der Waals surface area contributed by atoms with Gasteiger partial charge in [-0.15, -0.1) is 0 Å². The third-order valence-electron chi connectivity index (χ3n) is 6.13. The molecule has 0 aliphatic rings. The first-order chi connectivity index (χ1) is 16.2. The summed E-state index contributed by atoms with van der Waals surface area (Å²) in [6.07, 6.45) is 0. The Labute approximate surface area is 196 Å². The summed E-state index contributed by atoms with van der Waals surface area (Å²) in [5.74, 6) is 0. The van der Waals surface area contributed by atoms with Gasteiger partial charge in [0.1, 0.15) is 0 Å². The lowest BCUT2D eigenvalue weighted by Crippen LogP contribution is -1.93. The van der Waals surface area contributed by atoms with Crippen LogP contribution in [-0.4, -0.2) is 4.98 Å². The van der Waals surface area contributed by atoms with Crippen LogP contribution in [0.2, 0.25) is 5.02 Å². The molecule has 0 saturated carbocycles. The molecule has 0 spiro atoms. The summed E-state index contributed by atoms with van der Waals surface area (Å²) >= 11 is 6.36. The molecule has 6 rings (SSSR count). The molecule has 3 heteroatoms. The van der Waals surface area contributed by atoms with Crippen molar-refractivity contribution in [3.8, 4) is 28.5 Å². The van der Waals surface area contributed by atoms with E-state index in [0.29, 0.717) is 10.6 Å². The molecule has 0 fully saturated rings. The summed E-state index contributed by atoms with van der Waals surface area (Å²) in [5, 5.41) is 15.6. The largest absolute Gasteiger partial charge is 0.247 e. The fourth-order valence-corrected chi connectivity index (χ4v) is 4.79. The number of fused-ring (bicyclic) bond motifs is 5. The van der Waals surface area contributed by atoms with Crippen LogP contribution < -0.4 is 0 Å². The Hall–Kier alpha value is -4.19. The first-order valence-electron chi connectivity index (χ1n) is 10.7. The summed E-state index contributed by atoms with van der Waals surface area (Å²) in [4.78, 5) is 5.06. The molecule has 0 aliphatic carbocycles. The Bertz CT molecular complexity index is 1710. The first-order valence-corrected chi connectivity index (χ1v) is 11.1. The van der Waals surface area contributed by atoms with Crippen molar-refractivity contribution in [2.75, 3.05) is 0 Å². The molecule has 0 saturated heterocycles. The van der Waals surface area contributed by atoms with Crippen molar-refractivity contribution in [3.05, 3.63) is 114 Å². The van der Waals surface area contributed by atoms with Crippen LogP contribution in [0.25, 0.3) is 54.8 Å². The highest BCUT2D eigenvalue weighted by Crippen LogP contribution is 2.41. The topological polar surface area (TPSA) is 36.7 Å². The van der Waals surface area contributed by atoms with Gasteiger partial charge in [0, 0.05) is 26.7 Å². The van der Waals surface area contributed by atoms with Crippen LogP contribution in [0, 0.1) is 11.3 Å². The second kappa shape index (κ2) is 7.74. The van der Waals surface area contributed by atoms with Crippen LogP contribution in [0.3, 0.4) is 0 Å². The normalized spacial score (nSPS) is 11.2. The lowest BCUT2D eigenvalue weighted by Gasteiger charge is -2.16. The Morgan fingerprint density at radius 1 is 0.636 bits per heavy atom. The molecule has 1 aromatic heterocycles. The van der Waals surface area contributed by atoms with E-state index in [9.17, 15) is 5.26 Å². The Kier molecular flexibility index (Phi) is 4.57. The summed E-state index contributed by atoms with van der Waals surface area (Å²) < 4.78 is 0. The first kappa shape index (κ1) is 19.5. The van der Waals surface area contributed by atoms with Gasteiger partial charge >= 0.3 is 0 Å². The second-order valence-electron chi connectivity index (χ2n) is 8.07. The standard InChI is InChI=1S/C30H17ClN2/c31-22-14-15-25-28(16-22)33-30(21-12-10-19(18-32)11-13-21)27-17-26(20-6-2-1-3-7-20)23-8-4-5-9-24(23)29(25)27/h1-17H. The summed E-state index contributed by atoms with van der Waals surface area (Å²) in [6.45, 7) is 0. The number of aromatic nitrogens is 1. The summed E-state index contributed by atoms with van der Waals surface area (Å²) in [7, 11) is 0. The van der Waals surface area contributed by atoms with Crippen molar-refractivity contribution < 1.29 is 0 Å². The number of hydrogen-bond donors (Lipinski definition) is 0. The zero-order chi connectivity index (χ0) is 22.4. The molecule has 0 aliphatic heterocycles. The van der Waals surface area contributed by atoms with Gasteiger partial charge in [0.05, 0.1) is 22.8 Å². The van der Waals surface area contributed by atoms with E-state index < -0.39 is 0 Å². The van der Waals surface area contributed by atoms with E-state index in [4.69, 9.17) is 16.6 Å². The molecule has 2 nitrogen and oxygen atoms in total. The fraction of sp³-hybridized carbons (Fsp3) is 0. The average Bonchev–Trinajstić information content (AvgIpc) is 2.88. The van der Waals surface area contributed by atoms with Crippen LogP contribution in [0.15, 0.2) is 103 Å². The van der Waals surface area contributed by atoms with Gasteiger partial charge in [-0.2, -0.15) is 5.26 Å². The SMILES string of the molecule is N#Cc1ccc(-c2nc3cc(Cl)ccc3c3c2cc(-c2ccccc2)c2ccccc23)cc1. The molecule has 0 atom stereocenters. The molecule has 0 unspecified atom stereocenters. The second-order valence-corrected chi connectivity index (χ2v) is 8.51. The van der Waals surface area contributed by atoms with E-state index in [1.54, 1.807) is 0 Å². The van der Waals surface area contributed by atoms with Crippen LogP contribution in [-0.2, 0) is 0 Å². The zero-order valence-electron chi connectivity index (χ0n) is 17.6. The third-order valence-corrected chi connectivity index (χ3v) is 6.37. The summed E-state index contributed by atoms with van der Waals surface area (Å²) in [5.41, 5.74) is 5.66. The molecule has 5 aromatic carbocycles. The van der Waals surface area contributed by atoms with Crippen LogP contribution >= 0.6 is 11.6 Å². The predicted octanol–water partition coefficient (Wildman–Crippen LogP) is 8.40. The molecule has 1 heterocycles. The van der Waals surface area contributed by atoms with E-state index in [1.165, 1.54) is 16.3 Å². The summed E-state index contributed by atoms with van der Waals surface area (Å²) in [6, 6.07) is 36.9. The quantitative estimate of drug-likeness (QED) is 0.253. The number of pyridine rings is 1. The highest BCUT2D eigenvalue weighted by Gasteiger charge is 2.16. The molecule has 0 amide bonds. The smallest absolute Gasteiger partial charge is 0.0991 e. The molecular formula is C30H17ClN2. The molecule has 6 aromatic rings. The zero-order valence-corrected chi connectivity index (χ0v) is 18.3. The lowest BCUT2D eigenvalue weighted by molar-refractivity contribution is 1.42. The van der Waals surface area contributed by atoms with Crippen molar-refractivity contribution in [3.63, 3.8) is 0 Å². The van der Waals surface area contributed by atoms with Gasteiger partial charge < -0.3 is 0 Å². The van der Waals surface area contributed by atoms with Gasteiger partial charge in [0.25, 0.3) is 0 Å². The third kappa shape index (κ3) is 3.22. The van der Waals surface area contributed by atoms with E-state index in [2.05, 4.69) is 66.7 Å². The van der Waals surface area contributed by atoms with Gasteiger partial charge in [-0.05, 0) is 52.2 Å². The van der Waals surface area contributed by atoms with Gasteiger partial charge in [-0.25, -0.2) is 4.98 Å². The van der Waals surface area contributed by atoms with Crippen molar-refractivity contribution in [2.24, 2.45) is 0 Å². The highest BCUT2D eigenvalue weighted by molar-refractivity contribution is 6.32. The van der Waals surface area contributed by atoms with E-state index in [0.717, 1.165) is 38.5 Å². The number of hydrogen-bond acceptors (Lipinski definition) is 2. The number of rotatable bonds is 2. The molecule has 33 heavy (non-hydrogen) atoms. The van der Waals surface area contributed by atoms with Crippen molar-refractivity contribution in [1.82, 2.24) is 4.98 Å². The number of benzene rings is 5. The van der Waals surface area contributed by atoms with Crippen molar-refractivity contribution in [2.45, 2.75) is 0 Å². The van der Waals surface area contributed by atoms with Crippen LogP contribution in [0.1, 0.15) is 5.56 Å². The minimum Gasteiger partial charge on any atom is -0.247 e. The average molecular weight is 441 g/mol. The van der Waals surface area contributed by atoms with E-state index in [1.807, 2.05) is 42.5 Å². The number of nitriles is 1. The van der Waals surface area contributed by atoms with E-state index >= 15 is 0 Å². The molecular weight excluding hydrogens is 424 g/mol. The Morgan fingerprint density at radius 3 is 2.12 bits per heavy atom. The Morgan fingerprint density at radius 2 is 1.36 bits per heavy atom. The van der Waals surface area contributed by atoms with E-state index in [-0.39, 0.29) is 0 Å². The highest BCUT2D eigenvalue weighted by atomic mass is 35.5. The monoisotopic (exact) mass is 440 g/mol. The van der Waals surface area contributed by atoms with Crippen LogP contribution in [0.4, 0.5) is 0 Å². The molecule has 0 bridgehead atoms. The fourth-order valence-electron chi connectivity index (χ4n) is 4.62. The molecule has 154 valence electrons. The van der Waals surface area contributed by atoms with Gasteiger partial charge in [-0.1, -0.05) is 84.4 Å². The molecule has 0 radical (unpaired) electrons. The maximum Gasteiger partial charge on any atom is 0.0991 e. The van der Waals surface area contributed by atoms with Gasteiger partial charge in [-0.3, -0.25) is 0 Å². The van der Waals surface area contributed by atoms with Crippen molar-refractivity contribution in [1.29, 1.82) is 5.26 Å². The van der Waals surface area contributed by atoms with Crippen LogP contribution in [0.5, 0.6) is 0 Å². The number of nitrogens with zero attached hydrogens (tertiary/aromatic N) is 2. The van der Waals surface area contributed by atoms with Crippen molar-refractivity contribution >= 4 is 44.0 Å². The lowest BCUT2D eigenvalue weighted by atomic mass is 9.90. The maximum atomic E-state index is 9.24. The minimum absolute atomic E-state index is 0.627. The maximum absolute atomic E-state index is 9.24. The molecule has 0 N–H and O–H groups in total.